The minimum Gasteiger partial charge on any atom is -0.341 e. The van der Waals surface area contributed by atoms with Crippen LogP contribution in [0.15, 0.2) is 24.3 Å². The van der Waals surface area contributed by atoms with Crippen LogP contribution in [0.4, 0.5) is 4.39 Å². The first-order valence-corrected chi connectivity index (χ1v) is 9.19. The summed E-state index contributed by atoms with van der Waals surface area (Å²) in [4.78, 5) is 14.3. The third kappa shape index (κ3) is 3.70. The van der Waals surface area contributed by atoms with Gasteiger partial charge >= 0.3 is 0 Å². The van der Waals surface area contributed by atoms with Crippen molar-refractivity contribution in [1.29, 1.82) is 0 Å². The summed E-state index contributed by atoms with van der Waals surface area (Å²) >= 11 is 0. The highest BCUT2D eigenvalue weighted by atomic mass is 32.2. The summed E-state index contributed by atoms with van der Waals surface area (Å²) in [5.74, 6) is -0.330. The van der Waals surface area contributed by atoms with E-state index in [9.17, 15) is 17.6 Å². The average molecular weight is 341 g/mol. The molecule has 2 fully saturated rings. The molecule has 0 spiro atoms. The van der Waals surface area contributed by atoms with Gasteiger partial charge in [0, 0.05) is 32.1 Å². The zero-order chi connectivity index (χ0) is 16.6. The Morgan fingerprint density at radius 2 is 2.00 bits per heavy atom. The number of hydrogen-bond acceptors (Lipinski definition) is 3. The van der Waals surface area contributed by atoms with E-state index in [0.29, 0.717) is 26.1 Å². The predicted molar refractivity (Wildman–Crippen MR) is 83.1 cm³/mol. The number of halogens is 1. The van der Waals surface area contributed by atoms with E-state index in [1.165, 1.54) is 16.4 Å². The van der Waals surface area contributed by atoms with Crippen LogP contribution in [0, 0.1) is 11.7 Å². The van der Waals surface area contributed by atoms with Gasteiger partial charge in [0.15, 0.2) is 0 Å². The second-order valence-corrected chi connectivity index (χ2v) is 7.67. The highest BCUT2D eigenvalue weighted by molar-refractivity contribution is 7.86. The molecule has 2 aliphatic rings. The van der Waals surface area contributed by atoms with Gasteiger partial charge in [-0.3, -0.25) is 4.79 Å². The molecule has 0 bridgehead atoms. The van der Waals surface area contributed by atoms with Crippen molar-refractivity contribution in [2.45, 2.75) is 18.8 Å². The summed E-state index contributed by atoms with van der Waals surface area (Å²) in [5.41, 5.74) is 0.851. The van der Waals surface area contributed by atoms with Crippen molar-refractivity contribution >= 4 is 16.1 Å². The van der Waals surface area contributed by atoms with Crippen molar-refractivity contribution in [3.63, 3.8) is 0 Å². The Labute approximate surface area is 135 Å². The summed E-state index contributed by atoms with van der Waals surface area (Å²) < 4.78 is 37.3. The number of nitrogens with two attached hydrogens (primary N) is 1. The molecule has 0 unspecified atom stereocenters. The molecule has 1 saturated heterocycles. The summed E-state index contributed by atoms with van der Waals surface area (Å²) in [6.45, 7) is 1.43. The van der Waals surface area contributed by atoms with Gasteiger partial charge in [0.2, 0.25) is 5.91 Å². The van der Waals surface area contributed by atoms with Gasteiger partial charge < -0.3 is 4.90 Å². The SMILES string of the molecule is NS(=O)(=O)N1CCCN(C(=O)[C@@H]2C[C@H]2c2cccc(F)c2)CC1. The topological polar surface area (TPSA) is 83.7 Å². The van der Waals surface area contributed by atoms with Crippen LogP contribution >= 0.6 is 0 Å². The largest absolute Gasteiger partial charge is 0.341 e. The summed E-state index contributed by atoms with van der Waals surface area (Å²) in [5, 5.41) is 5.14. The van der Waals surface area contributed by atoms with Crippen molar-refractivity contribution in [3.05, 3.63) is 35.6 Å². The molecule has 8 heteroatoms. The molecule has 2 atom stereocenters. The van der Waals surface area contributed by atoms with Gasteiger partial charge in [-0.05, 0) is 36.5 Å². The monoisotopic (exact) mass is 341 g/mol. The third-order valence-electron chi connectivity index (χ3n) is 4.51. The zero-order valence-electron chi connectivity index (χ0n) is 12.7. The quantitative estimate of drug-likeness (QED) is 0.877. The number of rotatable bonds is 3. The second kappa shape index (κ2) is 6.18. The van der Waals surface area contributed by atoms with E-state index in [1.54, 1.807) is 11.0 Å². The van der Waals surface area contributed by atoms with Crippen LogP contribution in [0.1, 0.15) is 24.3 Å². The van der Waals surface area contributed by atoms with Crippen LogP contribution in [0.25, 0.3) is 0 Å². The Bertz CT molecular complexity index is 710. The average Bonchev–Trinajstić information content (AvgIpc) is 3.29. The van der Waals surface area contributed by atoms with Crippen LogP contribution in [0.2, 0.25) is 0 Å². The van der Waals surface area contributed by atoms with E-state index in [4.69, 9.17) is 5.14 Å². The Kier molecular flexibility index (Phi) is 4.39. The summed E-state index contributed by atoms with van der Waals surface area (Å²) in [6, 6.07) is 6.36. The lowest BCUT2D eigenvalue weighted by molar-refractivity contribution is -0.132. The molecule has 126 valence electrons. The van der Waals surface area contributed by atoms with Gasteiger partial charge in [0.25, 0.3) is 10.2 Å². The maximum atomic E-state index is 13.3. The van der Waals surface area contributed by atoms with E-state index in [2.05, 4.69) is 0 Å². The number of nitrogens with zero attached hydrogens (tertiary/aromatic N) is 2. The zero-order valence-corrected chi connectivity index (χ0v) is 13.5. The normalized spacial score (nSPS) is 25.9. The van der Waals surface area contributed by atoms with Crippen molar-refractivity contribution < 1.29 is 17.6 Å². The molecule has 3 rings (SSSR count). The van der Waals surface area contributed by atoms with Crippen LogP contribution in [0.3, 0.4) is 0 Å². The molecule has 0 radical (unpaired) electrons. The fourth-order valence-electron chi connectivity index (χ4n) is 3.18. The van der Waals surface area contributed by atoms with Gasteiger partial charge in [-0.2, -0.15) is 12.7 Å². The molecule has 1 aromatic carbocycles. The molecule has 1 aliphatic heterocycles. The minimum absolute atomic E-state index is 0.0236. The molecule has 1 amide bonds. The highest BCUT2D eigenvalue weighted by Gasteiger charge is 2.46. The number of amides is 1. The van der Waals surface area contributed by atoms with Crippen LogP contribution in [-0.2, 0) is 15.0 Å². The van der Waals surface area contributed by atoms with E-state index in [0.717, 1.165) is 12.0 Å². The Morgan fingerprint density at radius 3 is 2.70 bits per heavy atom. The molecule has 23 heavy (non-hydrogen) atoms. The molecule has 1 aliphatic carbocycles. The van der Waals surface area contributed by atoms with Crippen molar-refractivity contribution in [2.75, 3.05) is 26.2 Å². The fraction of sp³-hybridized carbons (Fsp3) is 0.533. The molecule has 1 heterocycles. The summed E-state index contributed by atoms with van der Waals surface area (Å²) in [7, 11) is -3.71. The van der Waals surface area contributed by atoms with Crippen LogP contribution < -0.4 is 5.14 Å². The number of hydrogen-bond donors (Lipinski definition) is 1. The number of carbonyl (C=O) groups excluding carboxylic acids is 1. The maximum absolute atomic E-state index is 13.3. The highest BCUT2D eigenvalue weighted by Crippen LogP contribution is 2.48. The minimum atomic E-state index is -3.71. The first-order valence-electron chi connectivity index (χ1n) is 7.68. The maximum Gasteiger partial charge on any atom is 0.276 e. The third-order valence-corrected chi connectivity index (χ3v) is 5.60. The Morgan fingerprint density at radius 1 is 1.22 bits per heavy atom. The van der Waals surface area contributed by atoms with Gasteiger partial charge in [-0.25, -0.2) is 9.53 Å². The Balaban J connectivity index is 1.62. The molecule has 6 nitrogen and oxygen atoms in total. The fourth-order valence-corrected chi connectivity index (χ4v) is 3.90. The Hall–Kier alpha value is -1.51. The number of benzene rings is 1. The van der Waals surface area contributed by atoms with Crippen LogP contribution in [-0.4, -0.2) is 49.7 Å². The molecular weight excluding hydrogens is 321 g/mol. The summed E-state index contributed by atoms with van der Waals surface area (Å²) in [6.07, 6.45) is 1.29. The van der Waals surface area contributed by atoms with Gasteiger partial charge in [-0.15, -0.1) is 0 Å². The lowest BCUT2D eigenvalue weighted by Gasteiger charge is -2.21. The molecule has 0 aromatic heterocycles. The first kappa shape index (κ1) is 16.4. The van der Waals surface area contributed by atoms with Crippen molar-refractivity contribution in [3.8, 4) is 0 Å². The van der Waals surface area contributed by atoms with E-state index in [1.807, 2.05) is 6.07 Å². The smallest absolute Gasteiger partial charge is 0.276 e. The second-order valence-electron chi connectivity index (χ2n) is 6.13. The van der Waals surface area contributed by atoms with Gasteiger partial charge in [0.05, 0.1) is 0 Å². The van der Waals surface area contributed by atoms with Crippen LogP contribution in [0.5, 0.6) is 0 Å². The van der Waals surface area contributed by atoms with E-state index >= 15 is 0 Å². The lowest BCUT2D eigenvalue weighted by atomic mass is 10.1. The van der Waals surface area contributed by atoms with Crippen molar-refractivity contribution in [1.82, 2.24) is 9.21 Å². The predicted octanol–water partition coefficient (Wildman–Crippen LogP) is 0.667. The van der Waals surface area contributed by atoms with Gasteiger partial charge in [-0.1, -0.05) is 12.1 Å². The first-order chi connectivity index (χ1) is 10.9. The van der Waals surface area contributed by atoms with E-state index < -0.39 is 10.2 Å². The van der Waals surface area contributed by atoms with E-state index in [-0.39, 0.29) is 30.1 Å². The molecule has 2 N–H and O–H groups in total. The van der Waals surface area contributed by atoms with Crippen molar-refractivity contribution in [2.24, 2.45) is 11.1 Å². The molecule has 1 saturated carbocycles. The molecular formula is C15H20FN3O3S. The lowest BCUT2D eigenvalue weighted by Crippen LogP contribution is -2.40. The number of carbonyl (C=O) groups is 1. The van der Waals surface area contributed by atoms with Gasteiger partial charge in [0.1, 0.15) is 5.82 Å². The standard InChI is InChI=1S/C15H20FN3O3S/c16-12-4-1-3-11(9-12)13-10-14(13)15(20)18-5-2-6-19(8-7-18)23(17,21)22/h1,3-4,9,13-14H,2,5-8,10H2,(H2,17,21,22)/t13-,14+/m0/s1. The molecule has 1 aromatic rings.